The first-order valence-corrected chi connectivity index (χ1v) is 13.8. The number of carboxylic acid groups (broad SMARTS) is 2. The van der Waals surface area contributed by atoms with Gasteiger partial charge in [-0.3, -0.25) is 19.5 Å². The Morgan fingerprint density at radius 3 is 2.59 bits per heavy atom. The standard InChI is InChI=1S/C21H24N10O7S3/c1-20(2,18(36)37)38-29-11(8-5-41-19(24)26-8)14(32)28-21(6-39)16(35)30-12(15(33)34)7(4-40-17(21)30)13-27-9(22)3-10(23)31(13)25/h3,5-6,10,17H,4,22-23,25H2,1-2H3,(H2,24,26)(H,28,32)(H,33,34)(H,36,37)/b29-11-/t10?,17-,21?/m0/s1. The molecule has 0 radical (unpaired) electrons. The summed E-state index contributed by atoms with van der Waals surface area (Å²) >= 11 is 7.19. The summed E-state index contributed by atoms with van der Waals surface area (Å²) in [5.41, 5.74) is 12.8. The molecule has 20 heteroatoms. The number of carbonyl (C=O) groups is 4. The van der Waals surface area contributed by atoms with Gasteiger partial charge in [0, 0.05) is 22.1 Å². The molecule has 0 aromatic carbocycles. The molecule has 0 saturated carbocycles. The van der Waals surface area contributed by atoms with E-state index in [2.05, 4.69) is 20.4 Å². The molecule has 218 valence electrons. The molecule has 3 atom stereocenters. The molecule has 1 fully saturated rings. The van der Waals surface area contributed by atoms with Gasteiger partial charge in [-0.15, -0.1) is 23.1 Å². The van der Waals surface area contributed by atoms with Crippen molar-refractivity contribution in [1.29, 1.82) is 0 Å². The highest BCUT2D eigenvalue weighted by Crippen LogP contribution is 2.46. The Balaban J connectivity index is 1.70. The second-order valence-electron chi connectivity index (χ2n) is 9.25. The van der Waals surface area contributed by atoms with Crippen LogP contribution in [0.25, 0.3) is 0 Å². The largest absolute Gasteiger partial charge is 0.478 e. The highest BCUT2D eigenvalue weighted by Gasteiger charge is 2.65. The van der Waals surface area contributed by atoms with E-state index in [4.69, 9.17) is 40.1 Å². The fourth-order valence-corrected chi connectivity index (χ4v) is 6.24. The zero-order valence-electron chi connectivity index (χ0n) is 21.3. The molecule has 0 spiro atoms. The van der Waals surface area contributed by atoms with E-state index >= 15 is 0 Å². The Labute approximate surface area is 244 Å². The summed E-state index contributed by atoms with van der Waals surface area (Å²) in [6.45, 7) is 2.42. The van der Waals surface area contributed by atoms with Gasteiger partial charge in [-0.25, -0.2) is 25.4 Å². The van der Waals surface area contributed by atoms with Crippen molar-refractivity contribution in [2.24, 2.45) is 27.5 Å². The number of amidine groups is 1. The van der Waals surface area contributed by atoms with E-state index < -0.39 is 57.8 Å². The second kappa shape index (κ2) is 10.7. The lowest BCUT2D eigenvalue weighted by atomic mass is 9.87. The lowest BCUT2D eigenvalue weighted by Crippen LogP contribution is -2.81. The lowest BCUT2D eigenvalue weighted by molar-refractivity contribution is -0.161. The number of carbonyl (C=O) groups excluding carboxylic acids is 2. The van der Waals surface area contributed by atoms with Crippen molar-refractivity contribution in [3.63, 3.8) is 0 Å². The Hall–Kier alpha value is -4.11. The summed E-state index contributed by atoms with van der Waals surface area (Å²) in [7, 11) is 0. The Bertz CT molecular complexity index is 1490. The summed E-state index contributed by atoms with van der Waals surface area (Å²) in [6, 6.07) is 0. The topological polar surface area (TPSA) is 278 Å². The zero-order chi connectivity index (χ0) is 30.4. The van der Waals surface area contributed by atoms with Crippen LogP contribution in [0.5, 0.6) is 0 Å². The van der Waals surface area contributed by atoms with Crippen molar-refractivity contribution in [1.82, 2.24) is 20.2 Å². The molecule has 0 aliphatic carbocycles. The van der Waals surface area contributed by atoms with Gasteiger partial charge < -0.3 is 37.6 Å². The number of oxime groups is 1. The number of hydrazine groups is 1. The number of rotatable bonds is 9. The monoisotopic (exact) mass is 624 g/mol. The molecular formula is C21H24N10O7S3. The van der Waals surface area contributed by atoms with Gasteiger partial charge in [0.15, 0.2) is 22.2 Å². The number of nitrogens with one attached hydrogen (secondary N) is 1. The molecule has 4 heterocycles. The van der Waals surface area contributed by atoms with Crippen molar-refractivity contribution in [3.8, 4) is 0 Å². The Kier molecular flexibility index (Phi) is 7.80. The molecule has 41 heavy (non-hydrogen) atoms. The number of thiocarbonyl (C=S) groups is 1. The quantitative estimate of drug-likeness (QED) is 0.0519. The lowest BCUT2D eigenvalue weighted by Gasteiger charge is -2.55. The molecule has 3 aliphatic rings. The van der Waals surface area contributed by atoms with Crippen LogP contribution in [0.1, 0.15) is 19.5 Å². The van der Waals surface area contributed by atoms with Crippen LogP contribution in [-0.2, 0) is 24.0 Å². The predicted molar refractivity (Wildman–Crippen MR) is 152 cm³/mol. The number of thioether (sulfide) groups is 1. The minimum Gasteiger partial charge on any atom is -0.478 e. The number of nitrogens with zero attached hydrogens (tertiary/aromatic N) is 5. The number of anilines is 1. The van der Waals surface area contributed by atoms with Gasteiger partial charge in [0.05, 0.1) is 0 Å². The van der Waals surface area contributed by atoms with Gasteiger partial charge >= 0.3 is 11.9 Å². The average Bonchev–Trinajstić information content (AvgIpc) is 3.33. The number of aliphatic carboxylic acids is 2. The van der Waals surface area contributed by atoms with Gasteiger partial charge in [0.1, 0.15) is 28.8 Å². The molecule has 1 aromatic heterocycles. The van der Waals surface area contributed by atoms with E-state index in [1.165, 1.54) is 25.3 Å². The number of nitrogens with two attached hydrogens (primary N) is 4. The number of nitrogen functional groups attached to an aromatic ring is 1. The van der Waals surface area contributed by atoms with Crippen molar-refractivity contribution in [3.05, 3.63) is 34.2 Å². The van der Waals surface area contributed by atoms with Gasteiger partial charge in [-0.05, 0) is 19.9 Å². The number of hydrogen-bond donors (Lipinski definition) is 7. The summed E-state index contributed by atoms with van der Waals surface area (Å²) in [5.74, 6) is 1.25. The van der Waals surface area contributed by atoms with Gasteiger partial charge in [0.25, 0.3) is 11.8 Å². The number of hydrogen-bond acceptors (Lipinski definition) is 16. The summed E-state index contributed by atoms with van der Waals surface area (Å²) in [5, 5.41) is 28.1. The van der Waals surface area contributed by atoms with Crippen molar-refractivity contribution in [2.45, 2.75) is 36.5 Å². The third kappa shape index (κ3) is 5.10. The number of aromatic nitrogens is 1. The summed E-state index contributed by atoms with van der Waals surface area (Å²) < 4.78 is 0. The number of aliphatic imine (C=N–C) groups is 1. The van der Waals surface area contributed by atoms with Crippen LogP contribution in [-0.4, -0.2) is 94.2 Å². The molecule has 4 rings (SSSR count). The zero-order valence-corrected chi connectivity index (χ0v) is 23.7. The molecule has 2 amide bonds. The van der Waals surface area contributed by atoms with Gasteiger partial charge in [-0.1, -0.05) is 17.4 Å². The Morgan fingerprint density at radius 2 is 2.02 bits per heavy atom. The number of amides is 2. The van der Waals surface area contributed by atoms with Crippen molar-refractivity contribution < 1.29 is 34.2 Å². The van der Waals surface area contributed by atoms with E-state index in [-0.39, 0.29) is 33.8 Å². The van der Waals surface area contributed by atoms with E-state index in [0.717, 1.165) is 38.4 Å². The number of fused-ring (bicyclic) bond motifs is 1. The highest BCUT2D eigenvalue weighted by molar-refractivity contribution is 8.00. The maximum absolute atomic E-state index is 13.6. The number of thiazole rings is 1. The maximum Gasteiger partial charge on any atom is 0.353 e. The van der Waals surface area contributed by atoms with Gasteiger partial charge in [0.2, 0.25) is 5.60 Å². The smallest absolute Gasteiger partial charge is 0.353 e. The highest BCUT2D eigenvalue weighted by atomic mass is 32.2. The summed E-state index contributed by atoms with van der Waals surface area (Å²) in [4.78, 5) is 65.1. The third-order valence-corrected chi connectivity index (χ3v) is 8.49. The van der Waals surface area contributed by atoms with Gasteiger partial charge in [-0.2, -0.15) is 0 Å². The van der Waals surface area contributed by atoms with Crippen LogP contribution in [0.3, 0.4) is 0 Å². The maximum atomic E-state index is 13.6. The van der Waals surface area contributed by atoms with Crippen LogP contribution < -0.4 is 28.4 Å². The van der Waals surface area contributed by atoms with Crippen molar-refractivity contribution >= 4 is 81.1 Å². The van der Waals surface area contributed by atoms with Crippen molar-refractivity contribution in [2.75, 3.05) is 11.5 Å². The normalized spacial score (nSPS) is 24.6. The SMILES string of the molecule is CC(C)(O/N=C(\C(=O)NC1(C=S)C(=O)N2C(C(=O)O)=C(C3=NC(N)=CC(N)N3N)CS[C@H]21)c1csc(N)n1)C(=O)O. The molecule has 2 unspecified atom stereocenters. The first-order valence-electron chi connectivity index (χ1n) is 11.4. The van der Waals surface area contributed by atoms with E-state index in [1.807, 2.05) is 0 Å². The molecule has 1 saturated heterocycles. The molecular weight excluding hydrogens is 600 g/mol. The molecule has 11 N–H and O–H groups in total. The van der Waals surface area contributed by atoms with E-state index in [9.17, 15) is 29.4 Å². The second-order valence-corrected chi connectivity index (χ2v) is 11.4. The van der Waals surface area contributed by atoms with Crippen LogP contribution in [0.15, 0.2) is 38.7 Å². The Morgan fingerprint density at radius 1 is 1.34 bits per heavy atom. The van der Waals surface area contributed by atoms with E-state index in [0.29, 0.717) is 0 Å². The fourth-order valence-electron chi connectivity index (χ4n) is 3.89. The summed E-state index contributed by atoms with van der Waals surface area (Å²) in [6.07, 6.45) is 0.464. The molecule has 3 aliphatic heterocycles. The molecule has 0 bridgehead atoms. The fraction of sp³-hybridized carbons (Fsp3) is 0.333. The van der Waals surface area contributed by atoms with Crippen LogP contribution in [0, 0.1) is 0 Å². The van der Waals surface area contributed by atoms with E-state index in [1.54, 1.807) is 0 Å². The molecule has 1 aromatic rings. The van der Waals surface area contributed by atoms with Crippen LogP contribution >= 0.6 is 35.3 Å². The van der Waals surface area contributed by atoms with Crippen LogP contribution in [0.4, 0.5) is 5.13 Å². The first kappa shape index (κ1) is 29.9. The van der Waals surface area contributed by atoms with Crippen LogP contribution in [0.2, 0.25) is 0 Å². The predicted octanol–water partition coefficient (Wildman–Crippen LogP) is -1.91. The average molecular weight is 625 g/mol. The minimum absolute atomic E-state index is 0.0109. The third-order valence-electron chi connectivity index (χ3n) is 6.09. The number of carboxylic acids is 2. The minimum atomic E-state index is -1.86. The number of β-lactam (4-membered cyclic amide) rings is 1. The first-order chi connectivity index (χ1) is 19.1. The molecule has 17 nitrogen and oxygen atoms in total.